The molecule has 0 atom stereocenters. The van der Waals surface area contributed by atoms with Gasteiger partial charge < -0.3 is 14.5 Å². The third-order valence-electron chi connectivity index (χ3n) is 5.06. The second-order valence-corrected chi connectivity index (χ2v) is 7.57. The summed E-state index contributed by atoms with van der Waals surface area (Å²) in [6.45, 7) is 3.37. The van der Waals surface area contributed by atoms with Crippen LogP contribution in [0.15, 0.2) is 39.9 Å². The van der Waals surface area contributed by atoms with E-state index in [2.05, 4.69) is 15.4 Å². The van der Waals surface area contributed by atoms with Crippen molar-refractivity contribution in [1.82, 2.24) is 24.6 Å². The van der Waals surface area contributed by atoms with E-state index in [1.807, 2.05) is 22.9 Å². The van der Waals surface area contributed by atoms with Gasteiger partial charge in [0.2, 0.25) is 5.71 Å². The fourth-order valence-electron chi connectivity index (χ4n) is 3.50. The van der Waals surface area contributed by atoms with Crippen LogP contribution in [0.25, 0.3) is 22.0 Å². The zero-order valence-corrected chi connectivity index (χ0v) is 18.0. The summed E-state index contributed by atoms with van der Waals surface area (Å²) in [5.74, 6) is -0.0117. The van der Waals surface area contributed by atoms with E-state index < -0.39 is 0 Å². The topological polar surface area (TPSA) is 104 Å². The normalized spacial score (nSPS) is 11.5. The van der Waals surface area contributed by atoms with Crippen LogP contribution >= 0.6 is 11.6 Å². The Hall–Kier alpha value is -3.17. The molecule has 31 heavy (non-hydrogen) atoms. The van der Waals surface area contributed by atoms with Crippen LogP contribution in [-0.2, 0) is 17.8 Å². The molecule has 1 amide bonds. The van der Waals surface area contributed by atoms with Crippen molar-refractivity contribution in [3.05, 3.63) is 57.4 Å². The molecular weight excluding hydrogens is 422 g/mol. The van der Waals surface area contributed by atoms with Crippen molar-refractivity contribution < 1.29 is 13.9 Å². The smallest absolute Gasteiger partial charge is 0.265 e. The van der Waals surface area contributed by atoms with Crippen molar-refractivity contribution in [3.8, 4) is 0 Å². The molecule has 4 aromatic rings. The molecule has 0 bridgehead atoms. The van der Waals surface area contributed by atoms with E-state index in [0.717, 1.165) is 10.9 Å². The first-order valence-electron chi connectivity index (χ1n) is 9.86. The van der Waals surface area contributed by atoms with Gasteiger partial charge in [0.15, 0.2) is 0 Å². The zero-order valence-electron chi connectivity index (χ0n) is 17.2. The minimum atomic E-state index is -0.368. The number of amides is 1. The van der Waals surface area contributed by atoms with Crippen LogP contribution in [0.3, 0.4) is 0 Å². The number of rotatable bonds is 8. The third kappa shape index (κ3) is 4.19. The van der Waals surface area contributed by atoms with Gasteiger partial charge in [-0.1, -0.05) is 11.6 Å². The predicted molar refractivity (Wildman–Crippen MR) is 117 cm³/mol. The monoisotopic (exact) mass is 443 g/mol. The number of carbonyl (C=O) groups is 1. The lowest BCUT2D eigenvalue weighted by Crippen LogP contribution is -2.28. The lowest BCUT2D eigenvalue weighted by atomic mass is 10.1. The highest BCUT2D eigenvalue weighted by atomic mass is 35.5. The van der Waals surface area contributed by atoms with Gasteiger partial charge in [-0.3, -0.25) is 18.8 Å². The molecule has 4 rings (SSSR count). The standard InChI is InChI=1S/C21H22ClN5O4/c1-13-17(18-20(31-13)24-12-26(21(18)29)8-9-30-2)19(28)23-6-3-7-27-16-10-15(22)5-4-14(16)11-25-27/h4-5,10-12H,3,6-9H2,1-2H3,(H,23,28). The lowest BCUT2D eigenvalue weighted by Gasteiger charge is -2.07. The van der Waals surface area contributed by atoms with Crippen molar-refractivity contribution >= 4 is 39.5 Å². The van der Waals surface area contributed by atoms with E-state index in [0.29, 0.717) is 43.4 Å². The molecule has 0 saturated carbocycles. The number of furan rings is 1. The average molecular weight is 444 g/mol. The van der Waals surface area contributed by atoms with Gasteiger partial charge in [-0.05, 0) is 31.5 Å². The maximum atomic E-state index is 12.8. The summed E-state index contributed by atoms with van der Waals surface area (Å²) in [6.07, 6.45) is 3.84. The summed E-state index contributed by atoms with van der Waals surface area (Å²) < 4.78 is 13.8. The fourth-order valence-corrected chi connectivity index (χ4v) is 3.67. The summed E-state index contributed by atoms with van der Waals surface area (Å²) in [7, 11) is 1.55. The SMILES string of the molecule is COCCn1cnc2oc(C)c(C(=O)NCCCn3ncc4ccc(Cl)cc43)c2c1=O. The first kappa shape index (κ1) is 21.1. The number of hydrogen-bond acceptors (Lipinski definition) is 6. The van der Waals surface area contributed by atoms with Gasteiger partial charge in [-0.15, -0.1) is 0 Å². The quantitative estimate of drug-likeness (QED) is 0.420. The van der Waals surface area contributed by atoms with E-state index in [4.69, 9.17) is 20.8 Å². The number of aryl methyl sites for hydroxylation is 2. The maximum absolute atomic E-state index is 12.8. The van der Waals surface area contributed by atoms with Gasteiger partial charge >= 0.3 is 0 Å². The number of ether oxygens (including phenoxy) is 1. The van der Waals surface area contributed by atoms with Crippen molar-refractivity contribution in [2.24, 2.45) is 0 Å². The second-order valence-electron chi connectivity index (χ2n) is 7.13. The molecule has 1 N–H and O–H groups in total. The Labute approximate surface area is 182 Å². The van der Waals surface area contributed by atoms with Gasteiger partial charge in [0.25, 0.3) is 11.5 Å². The van der Waals surface area contributed by atoms with Crippen LogP contribution < -0.4 is 10.9 Å². The zero-order chi connectivity index (χ0) is 22.0. The highest BCUT2D eigenvalue weighted by Crippen LogP contribution is 2.21. The van der Waals surface area contributed by atoms with E-state index in [-0.39, 0.29) is 28.1 Å². The molecule has 0 unspecified atom stereocenters. The molecule has 162 valence electrons. The molecule has 9 nitrogen and oxygen atoms in total. The van der Waals surface area contributed by atoms with Crippen LogP contribution in [0.2, 0.25) is 5.02 Å². The highest BCUT2D eigenvalue weighted by Gasteiger charge is 2.22. The number of nitrogens with one attached hydrogen (secondary N) is 1. The van der Waals surface area contributed by atoms with Gasteiger partial charge in [0.1, 0.15) is 17.5 Å². The van der Waals surface area contributed by atoms with E-state index in [1.54, 1.807) is 20.2 Å². The number of nitrogens with zero attached hydrogens (tertiary/aromatic N) is 4. The van der Waals surface area contributed by atoms with Crippen molar-refractivity contribution in [1.29, 1.82) is 0 Å². The second kappa shape index (κ2) is 8.91. The minimum Gasteiger partial charge on any atom is -0.442 e. The first-order valence-corrected chi connectivity index (χ1v) is 10.2. The number of halogens is 1. The summed E-state index contributed by atoms with van der Waals surface area (Å²) >= 11 is 6.08. The number of benzene rings is 1. The molecule has 0 aliphatic rings. The van der Waals surface area contributed by atoms with Crippen LogP contribution in [0.1, 0.15) is 22.5 Å². The fraction of sp³-hybridized carbons (Fsp3) is 0.333. The molecule has 0 aliphatic heterocycles. The highest BCUT2D eigenvalue weighted by molar-refractivity contribution is 6.31. The molecule has 1 aromatic carbocycles. The Morgan fingerprint density at radius 3 is 2.97 bits per heavy atom. The molecule has 10 heteroatoms. The predicted octanol–water partition coefficient (Wildman–Crippen LogP) is 2.77. The molecule has 3 aromatic heterocycles. The Balaban J connectivity index is 1.46. The Morgan fingerprint density at radius 1 is 1.32 bits per heavy atom. The summed E-state index contributed by atoms with van der Waals surface area (Å²) in [6, 6.07) is 5.61. The summed E-state index contributed by atoms with van der Waals surface area (Å²) in [5.41, 5.74) is 0.985. The molecule has 3 heterocycles. The van der Waals surface area contributed by atoms with Gasteiger partial charge in [-0.25, -0.2) is 4.98 Å². The van der Waals surface area contributed by atoms with Crippen LogP contribution in [0.4, 0.5) is 0 Å². The summed E-state index contributed by atoms with van der Waals surface area (Å²) in [5, 5.41) is 9.07. The summed E-state index contributed by atoms with van der Waals surface area (Å²) in [4.78, 5) is 29.8. The molecule has 0 saturated heterocycles. The third-order valence-corrected chi connectivity index (χ3v) is 5.29. The maximum Gasteiger partial charge on any atom is 0.265 e. The van der Waals surface area contributed by atoms with Crippen LogP contribution in [0, 0.1) is 6.92 Å². The largest absolute Gasteiger partial charge is 0.442 e. The number of hydrogen-bond donors (Lipinski definition) is 1. The number of methoxy groups -OCH3 is 1. The van der Waals surface area contributed by atoms with Crippen molar-refractivity contribution in [2.45, 2.75) is 26.4 Å². The Bertz CT molecular complexity index is 1310. The molecule has 0 radical (unpaired) electrons. The molecule has 0 aliphatic carbocycles. The number of fused-ring (bicyclic) bond motifs is 2. The van der Waals surface area contributed by atoms with E-state index in [9.17, 15) is 9.59 Å². The van der Waals surface area contributed by atoms with Gasteiger partial charge in [0, 0.05) is 30.6 Å². The van der Waals surface area contributed by atoms with Crippen molar-refractivity contribution in [3.63, 3.8) is 0 Å². The molecule has 0 spiro atoms. The molecule has 0 fully saturated rings. The van der Waals surface area contributed by atoms with Crippen LogP contribution in [0.5, 0.6) is 0 Å². The van der Waals surface area contributed by atoms with E-state index >= 15 is 0 Å². The molecular formula is C21H22ClN5O4. The Morgan fingerprint density at radius 2 is 2.16 bits per heavy atom. The van der Waals surface area contributed by atoms with Crippen molar-refractivity contribution in [2.75, 3.05) is 20.3 Å². The van der Waals surface area contributed by atoms with Gasteiger partial charge in [0.05, 0.1) is 30.4 Å². The minimum absolute atomic E-state index is 0.154. The Kier molecular flexibility index (Phi) is 6.06. The number of carbonyl (C=O) groups excluding carboxylic acids is 1. The lowest BCUT2D eigenvalue weighted by molar-refractivity contribution is 0.0952. The van der Waals surface area contributed by atoms with E-state index in [1.165, 1.54) is 10.9 Å². The van der Waals surface area contributed by atoms with Crippen LogP contribution in [-0.4, -0.2) is 45.5 Å². The first-order chi connectivity index (χ1) is 15.0. The average Bonchev–Trinajstić information content (AvgIpc) is 3.31. The van der Waals surface area contributed by atoms with Gasteiger partial charge in [-0.2, -0.15) is 5.10 Å². The number of aromatic nitrogens is 4.